The van der Waals surface area contributed by atoms with Crippen LogP contribution in [-0.4, -0.2) is 28.6 Å². The van der Waals surface area contributed by atoms with Gasteiger partial charge in [-0.3, -0.25) is 9.59 Å². The molecule has 4 aliphatic rings. The highest BCUT2D eigenvalue weighted by molar-refractivity contribution is 5.99. The van der Waals surface area contributed by atoms with Crippen molar-refractivity contribution in [1.29, 1.82) is 0 Å². The van der Waals surface area contributed by atoms with E-state index < -0.39 is 11.0 Å². The first kappa shape index (κ1) is 17.3. The second-order valence-corrected chi connectivity index (χ2v) is 9.39. The minimum atomic E-state index is -0.978. The average Bonchev–Trinajstić information content (AvgIpc) is 2.79. The fourth-order valence-electron chi connectivity index (χ4n) is 6.83. The molecule has 0 aromatic carbocycles. The van der Waals surface area contributed by atoms with Gasteiger partial charge in [0.2, 0.25) is 0 Å². The highest BCUT2D eigenvalue weighted by Crippen LogP contribution is 2.65. The Morgan fingerprint density at radius 1 is 1.16 bits per heavy atom. The number of ether oxygens (including phenoxy) is 1. The van der Waals surface area contributed by atoms with Gasteiger partial charge in [-0.2, -0.15) is 0 Å². The van der Waals surface area contributed by atoms with Crippen LogP contribution in [0.3, 0.4) is 0 Å². The molecule has 0 aromatic rings. The number of carbonyl (C=O) groups is 2. The molecule has 0 spiro atoms. The number of esters is 1. The summed E-state index contributed by atoms with van der Waals surface area (Å²) < 4.78 is 5.50. The summed E-state index contributed by atoms with van der Waals surface area (Å²) in [5, 5.41) is 11.5. The zero-order chi connectivity index (χ0) is 18.0. The monoisotopic (exact) mass is 346 g/mol. The topological polar surface area (TPSA) is 63.6 Å². The number of aliphatic hydroxyl groups is 1. The van der Waals surface area contributed by atoms with E-state index in [1.54, 1.807) is 12.2 Å². The summed E-state index contributed by atoms with van der Waals surface area (Å²) in [7, 11) is 0. The summed E-state index contributed by atoms with van der Waals surface area (Å²) in [6.07, 6.45) is 10.2. The molecule has 4 rings (SSSR count). The lowest BCUT2D eigenvalue weighted by Gasteiger charge is -2.62. The number of ketones is 1. The van der Waals surface area contributed by atoms with Crippen LogP contribution in [-0.2, 0) is 14.3 Å². The molecule has 4 aliphatic carbocycles. The number of carbonyl (C=O) groups excluding carboxylic acids is 2. The maximum absolute atomic E-state index is 12.4. The minimum absolute atomic E-state index is 0.0528. The number of allylic oxidation sites excluding steroid dienone is 1. The molecule has 138 valence electrons. The second-order valence-electron chi connectivity index (χ2n) is 9.39. The summed E-state index contributed by atoms with van der Waals surface area (Å²) in [4.78, 5) is 23.7. The van der Waals surface area contributed by atoms with Gasteiger partial charge >= 0.3 is 5.97 Å². The van der Waals surface area contributed by atoms with Crippen molar-refractivity contribution in [2.75, 3.05) is 0 Å². The van der Waals surface area contributed by atoms with E-state index in [1.165, 1.54) is 6.92 Å². The van der Waals surface area contributed by atoms with Crippen LogP contribution in [0, 0.1) is 28.6 Å². The Morgan fingerprint density at radius 2 is 1.92 bits per heavy atom. The van der Waals surface area contributed by atoms with Crippen molar-refractivity contribution < 1.29 is 19.4 Å². The maximum atomic E-state index is 12.4. The predicted molar refractivity (Wildman–Crippen MR) is 93.7 cm³/mol. The molecule has 0 amide bonds. The largest absolute Gasteiger partial charge is 0.463 e. The molecule has 7 atom stereocenters. The molecule has 0 aromatic heterocycles. The van der Waals surface area contributed by atoms with Crippen LogP contribution in [0.2, 0.25) is 0 Å². The molecule has 0 aliphatic heterocycles. The van der Waals surface area contributed by atoms with Crippen LogP contribution in [0.4, 0.5) is 0 Å². The first-order valence-corrected chi connectivity index (χ1v) is 9.84. The summed E-state index contributed by atoms with van der Waals surface area (Å²) in [6.45, 7) is 5.83. The Labute approximate surface area is 150 Å². The summed E-state index contributed by atoms with van der Waals surface area (Å²) in [5.41, 5.74) is -1.43. The van der Waals surface area contributed by atoms with Crippen molar-refractivity contribution in [2.24, 2.45) is 28.6 Å². The zero-order valence-corrected chi connectivity index (χ0v) is 15.6. The molecule has 0 radical (unpaired) electrons. The van der Waals surface area contributed by atoms with Crippen LogP contribution in [0.1, 0.15) is 65.7 Å². The zero-order valence-electron chi connectivity index (χ0n) is 15.6. The highest BCUT2D eigenvalue weighted by atomic mass is 16.5. The SMILES string of the molecule is CC(=O)O[C@H]1CC[C@@]2(C)[C@H](CC[C@@H]3[C@@H]2CC[C@]2(C)C(=O)C=C[C@]32O)C1. The van der Waals surface area contributed by atoms with Crippen LogP contribution in [0.15, 0.2) is 12.2 Å². The van der Waals surface area contributed by atoms with Crippen molar-refractivity contribution >= 4 is 11.8 Å². The summed E-state index contributed by atoms with van der Waals surface area (Å²) in [5.74, 6) is 1.07. The maximum Gasteiger partial charge on any atom is 0.302 e. The van der Waals surface area contributed by atoms with Crippen molar-refractivity contribution in [3.8, 4) is 0 Å². The van der Waals surface area contributed by atoms with E-state index >= 15 is 0 Å². The van der Waals surface area contributed by atoms with Gasteiger partial charge in [0.25, 0.3) is 0 Å². The van der Waals surface area contributed by atoms with Crippen LogP contribution < -0.4 is 0 Å². The predicted octanol–water partition coefficient (Wildman–Crippen LogP) is 3.42. The second kappa shape index (κ2) is 5.42. The molecule has 3 saturated carbocycles. The van der Waals surface area contributed by atoms with Gasteiger partial charge < -0.3 is 9.84 Å². The van der Waals surface area contributed by atoms with E-state index in [0.717, 1.165) is 44.9 Å². The first-order chi connectivity index (χ1) is 11.7. The number of fused-ring (bicyclic) bond motifs is 5. The molecular weight excluding hydrogens is 316 g/mol. The van der Waals surface area contributed by atoms with Crippen LogP contribution >= 0.6 is 0 Å². The molecule has 25 heavy (non-hydrogen) atoms. The van der Waals surface area contributed by atoms with Gasteiger partial charge in [-0.15, -0.1) is 0 Å². The van der Waals surface area contributed by atoms with Gasteiger partial charge in [0.1, 0.15) is 6.10 Å². The lowest BCUT2D eigenvalue weighted by atomic mass is 9.44. The Kier molecular flexibility index (Phi) is 3.74. The smallest absolute Gasteiger partial charge is 0.302 e. The normalized spacial score (nSPS) is 51.4. The van der Waals surface area contributed by atoms with Crippen molar-refractivity contribution in [2.45, 2.75) is 77.4 Å². The third kappa shape index (κ3) is 2.22. The average molecular weight is 346 g/mol. The van der Waals surface area contributed by atoms with Crippen LogP contribution in [0.5, 0.6) is 0 Å². The third-order valence-electron chi connectivity index (χ3n) is 8.41. The van der Waals surface area contributed by atoms with Crippen molar-refractivity contribution in [1.82, 2.24) is 0 Å². The highest BCUT2D eigenvalue weighted by Gasteiger charge is 2.65. The van der Waals surface area contributed by atoms with E-state index in [2.05, 4.69) is 6.92 Å². The fourth-order valence-corrected chi connectivity index (χ4v) is 6.83. The fraction of sp³-hybridized carbons (Fsp3) is 0.810. The van der Waals surface area contributed by atoms with Crippen molar-refractivity contribution in [3.63, 3.8) is 0 Å². The Balaban J connectivity index is 1.60. The van der Waals surface area contributed by atoms with E-state index in [1.807, 2.05) is 6.92 Å². The number of rotatable bonds is 1. The van der Waals surface area contributed by atoms with Crippen molar-refractivity contribution in [3.05, 3.63) is 12.2 Å². The molecule has 0 saturated heterocycles. The Hall–Kier alpha value is -1.16. The molecule has 3 fully saturated rings. The first-order valence-electron chi connectivity index (χ1n) is 9.84. The molecular formula is C21H30O4. The summed E-state index contributed by atoms with van der Waals surface area (Å²) in [6, 6.07) is 0. The quantitative estimate of drug-likeness (QED) is 0.739. The van der Waals surface area contributed by atoms with Gasteiger partial charge in [0, 0.05) is 6.92 Å². The third-order valence-corrected chi connectivity index (χ3v) is 8.41. The Bertz CT molecular complexity index is 640. The Morgan fingerprint density at radius 3 is 2.64 bits per heavy atom. The standard InChI is InChI=1S/C21H30O4/c1-13(22)25-15-6-9-19(2)14(12-15)4-5-17-16(19)7-10-20(3)18(23)8-11-21(17,20)24/h8,11,14-17,24H,4-7,9-10,12H2,1-3H3/t14-,15+,16+,17-,19+,20-,21+/m1/s1. The molecule has 4 nitrogen and oxygen atoms in total. The van der Waals surface area contributed by atoms with Gasteiger partial charge in [-0.1, -0.05) is 6.92 Å². The molecule has 4 heteroatoms. The van der Waals surface area contributed by atoms with Crippen LogP contribution in [0.25, 0.3) is 0 Å². The lowest BCUT2D eigenvalue weighted by Crippen LogP contribution is -2.62. The van der Waals surface area contributed by atoms with Gasteiger partial charge in [-0.25, -0.2) is 0 Å². The van der Waals surface area contributed by atoms with Gasteiger partial charge in [-0.05, 0) is 87.2 Å². The summed E-state index contributed by atoms with van der Waals surface area (Å²) >= 11 is 0. The van der Waals surface area contributed by atoms with Gasteiger partial charge in [0.15, 0.2) is 5.78 Å². The van der Waals surface area contributed by atoms with E-state index in [0.29, 0.717) is 11.8 Å². The number of hydrogen-bond acceptors (Lipinski definition) is 4. The molecule has 0 unspecified atom stereocenters. The van der Waals surface area contributed by atoms with E-state index in [4.69, 9.17) is 4.74 Å². The van der Waals surface area contributed by atoms with E-state index in [-0.39, 0.29) is 29.2 Å². The molecule has 0 heterocycles. The molecule has 0 bridgehead atoms. The van der Waals surface area contributed by atoms with E-state index in [9.17, 15) is 14.7 Å². The molecule has 1 N–H and O–H groups in total. The minimum Gasteiger partial charge on any atom is -0.463 e. The number of hydrogen-bond donors (Lipinski definition) is 1. The lowest BCUT2D eigenvalue weighted by molar-refractivity contribution is -0.191. The van der Waals surface area contributed by atoms with Gasteiger partial charge in [0.05, 0.1) is 11.0 Å².